The molecule has 1 heterocycles. The van der Waals surface area contributed by atoms with E-state index in [1.165, 1.54) is 0 Å². The number of nitrogens with zero attached hydrogens (tertiary/aromatic N) is 2. The predicted octanol–water partition coefficient (Wildman–Crippen LogP) is 1.13. The summed E-state index contributed by atoms with van der Waals surface area (Å²) in [5, 5.41) is 7.22. The van der Waals surface area contributed by atoms with Crippen molar-refractivity contribution in [1.82, 2.24) is 15.5 Å². The number of hydrogen-bond acceptors (Lipinski definition) is 4. The third kappa shape index (κ3) is 6.67. The monoisotopic (exact) mass is 372 g/mol. The number of halogens is 1. The second-order valence-electron chi connectivity index (χ2n) is 5.74. The summed E-state index contributed by atoms with van der Waals surface area (Å²) in [6.45, 7) is 6.15. The SMILES string of the molecule is CCNC(=NCc1ccc(Cl)cc1)NCCN1CCS(=O)(=O)CC1. The Morgan fingerprint density at radius 1 is 1.21 bits per heavy atom. The quantitative estimate of drug-likeness (QED) is 0.578. The van der Waals surface area contributed by atoms with Crippen LogP contribution in [0.3, 0.4) is 0 Å². The molecular formula is C16H25ClN4O2S. The van der Waals surface area contributed by atoms with Crippen molar-refractivity contribution in [1.29, 1.82) is 0 Å². The number of nitrogens with one attached hydrogen (secondary N) is 2. The highest BCUT2D eigenvalue weighted by Gasteiger charge is 2.20. The summed E-state index contributed by atoms with van der Waals surface area (Å²) in [5.74, 6) is 1.28. The fraction of sp³-hybridized carbons (Fsp3) is 0.562. The highest BCUT2D eigenvalue weighted by Crippen LogP contribution is 2.10. The molecule has 0 unspecified atom stereocenters. The van der Waals surface area contributed by atoms with E-state index in [-0.39, 0.29) is 11.5 Å². The summed E-state index contributed by atoms with van der Waals surface area (Å²) < 4.78 is 22.8. The molecule has 0 bridgehead atoms. The molecule has 1 saturated heterocycles. The van der Waals surface area contributed by atoms with Gasteiger partial charge in [0.25, 0.3) is 0 Å². The first-order chi connectivity index (χ1) is 11.5. The lowest BCUT2D eigenvalue weighted by molar-refractivity contribution is 0.299. The largest absolute Gasteiger partial charge is 0.357 e. The van der Waals surface area contributed by atoms with Crippen molar-refractivity contribution >= 4 is 27.4 Å². The molecule has 0 radical (unpaired) electrons. The maximum Gasteiger partial charge on any atom is 0.191 e. The van der Waals surface area contributed by atoms with Crippen LogP contribution in [0.4, 0.5) is 0 Å². The van der Waals surface area contributed by atoms with E-state index in [4.69, 9.17) is 11.6 Å². The molecule has 0 spiro atoms. The van der Waals surface area contributed by atoms with E-state index in [2.05, 4.69) is 20.5 Å². The lowest BCUT2D eigenvalue weighted by atomic mass is 10.2. The van der Waals surface area contributed by atoms with Crippen molar-refractivity contribution in [3.05, 3.63) is 34.9 Å². The van der Waals surface area contributed by atoms with Gasteiger partial charge in [-0.25, -0.2) is 13.4 Å². The lowest BCUT2D eigenvalue weighted by Crippen LogP contribution is -2.45. The average Bonchev–Trinajstić information content (AvgIpc) is 2.55. The van der Waals surface area contributed by atoms with E-state index in [0.29, 0.717) is 19.6 Å². The van der Waals surface area contributed by atoms with Crippen molar-refractivity contribution in [3.63, 3.8) is 0 Å². The number of aliphatic imine (C=N–C) groups is 1. The zero-order valence-corrected chi connectivity index (χ0v) is 15.5. The Labute approximate surface area is 149 Å². The molecule has 2 N–H and O–H groups in total. The van der Waals surface area contributed by atoms with Gasteiger partial charge < -0.3 is 10.6 Å². The minimum absolute atomic E-state index is 0.262. The number of hydrogen-bond donors (Lipinski definition) is 2. The van der Waals surface area contributed by atoms with Crippen molar-refractivity contribution in [3.8, 4) is 0 Å². The van der Waals surface area contributed by atoms with Gasteiger partial charge in [-0.2, -0.15) is 0 Å². The molecule has 0 atom stereocenters. The molecule has 1 aliphatic rings. The zero-order valence-electron chi connectivity index (χ0n) is 14.0. The minimum Gasteiger partial charge on any atom is -0.357 e. The smallest absolute Gasteiger partial charge is 0.191 e. The topological polar surface area (TPSA) is 73.8 Å². The van der Waals surface area contributed by atoms with Crippen LogP contribution < -0.4 is 10.6 Å². The number of guanidine groups is 1. The standard InChI is InChI=1S/C16H25ClN4O2S/c1-2-18-16(20-13-14-3-5-15(17)6-4-14)19-7-8-21-9-11-24(22,23)12-10-21/h3-6H,2,7-13H2,1H3,(H2,18,19,20). The Balaban J connectivity index is 1.78. The first kappa shape index (κ1) is 19.0. The van der Waals surface area contributed by atoms with E-state index in [9.17, 15) is 8.42 Å². The van der Waals surface area contributed by atoms with Gasteiger partial charge in [-0.3, -0.25) is 4.90 Å². The summed E-state index contributed by atoms with van der Waals surface area (Å²) in [7, 11) is -2.82. The van der Waals surface area contributed by atoms with Gasteiger partial charge in [0.05, 0.1) is 18.1 Å². The molecule has 6 nitrogen and oxygen atoms in total. The molecule has 0 amide bonds. The van der Waals surface area contributed by atoms with Crippen LogP contribution in [0.15, 0.2) is 29.3 Å². The second kappa shape index (κ2) is 9.25. The van der Waals surface area contributed by atoms with E-state index in [1.807, 2.05) is 31.2 Å². The molecular weight excluding hydrogens is 348 g/mol. The number of rotatable bonds is 6. The summed E-state index contributed by atoms with van der Waals surface area (Å²) >= 11 is 5.88. The van der Waals surface area contributed by atoms with Gasteiger partial charge in [0.15, 0.2) is 15.8 Å². The normalized spacial score (nSPS) is 18.3. The number of sulfone groups is 1. The van der Waals surface area contributed by atoms with Gasteiger partial charge >= 0.3 is 0 Å². The van der Waals surface area contributed by atoms with Gasteiger partial charge in [-0.15, -0.1) is 0 Å². The van der Waals surface area contributed by atoms with E-state index in [1.54, 1.807) is 0 Å². The second-order valence-corrected chi connectivity index (χ2v) is 8.48. The van der Waals surface area contributed by atoms with Gasteiger partial charge in [0.2, 0.25) is 0 Å². The third-order valence-corrected chi connectivity index (χ3v) is 5.70. The van der Waals surface area contributed by atoms with Crippen molar-refractivity contribution in [2.75, 3.05) is 44.2 Å². The molecule has 134 valence electrons. The predicted molar refractivity (Wildman–Crippen MR) is 99.4 cm³/mol. The van der Waals surface area contributed by atoms with Crippen molar-refractivity contribution in [2.45, 2.75) is 13.5 Å². The van der Waals surface area contributed by atoms with E-state index >= 15 is 0 Å². The van der Waals surface area contributed by atoms with Crippen LogP contribution in [-0.2, 0) is 16.4 Å². The molecule has 1 aromatic carbocycles. The Bertz CT molecular complexity index is 633. The fourth-order valence-electron chi connectivity index (χ4n) is 2.41. The van der Waals surface area contributed by atoms with Crippen molar-refractivity contribution in [2.24, 2.45) is 4.99 Å². The van der Waals surface area contributed by atoms with E-state index < -0.39 is 9.84 Å². The van der Waals surface area contributed by atoms with Gasteiger partial charge in [0, 0.05) is 37.7 Å². The Morgan fingerprint density at radius 2 is 1.88 bits per heavy atom. The minimum atomic E-state index is -2.82. The van der Waals surface area contributed by atoms with Crippen LogP contribution >= 0.6 is 11.6 Å². The van der Waals surface area contributed by atoms with Crippen LogP contribution in [0.1, 0.15) is 12.5 Å². The Hall–Kier alpha value is -1.31. The molecule has 1 aromatic rings. The first-order valence-corrected chi connectivity index (χ1v) is 10.4. The molecule has 1 aliphatic heterocycles. The summed E-state index contributed by atoms with van der Waals surface area (Å²) in [6.07, 6.45) is 0. The Morgan fingerprint density at radius 3 is 2.50 bits per heavy atom. The van der Waals surface area contributed by atoms with Crippen LogP contribution in [0.5, 0.6) is 0 Å². The average molecular weight is 373 g/mol. The van der Waals surface area contributed by atoms with Crippen LogP contribution in [-0.4, -0.2) is 63.5 Å². The molecule has 0 saturated carbocycles. The molecule has 8 heteroatoms. The molecule has 1 fully saturated rings. The summed E-state index contributed by atoms with van der Waals surface area (Å²) in [4.78, 5) is 6.72. The molecule has 0 aromatic heterocycles. The molecule has 2 rings (SSSR count). The zero-order chi connectivity index (χ0) is 17.4. The highest BCUT2D eigenvalue weighted by molar-refractivity contribution is 7.91. The maximum absolute atomic E-state index is 11.4. The Kier molecular flexibility index (Phi) is 7.33. The lowest BCUT2D eigenvalue weighted by Gasteiger charge is -2.26. The molecule has 24 heavy (non-hydrogen) atoms. The third-order valence-electron chi connectivity index (χ3n) is 3.83. The van der Waals surface area contributed by atoms with Gasteiger partial charge in [-0.1, -0.05) is 23.7 Å². The van der Waals surface area contributed by atoms with Crippen molar-refractivity contribution < 1.29 is 8.42 Å². The molecule has 0 aliphatic carbocycles. The van der Waals surface area contributed by atoms with Crippen LogP contribution in [0, 0.1) is 0 Å². The summed E-state index contributed by atoms with van der Waals surface area (Å²) in [5.41, 5.74) is 1.10. The van der Waals surface area contributed by atoms with Gasteiger partial charge in [-0.05, 0) is 24.6 Å². The highest BCUT2D eigenvalue weighted by atomic mass is 35.5. The van der Waals surface area contributed by atoms with Crippen LogP contribution in [0.2, 0.25) is 5.02 Å². The van der Waals surface area contributed by atoms with Gasteiger partial charge in [0.1, 0.15) is 0 Å². The number of benzene rings is 1. The fourth-order valence-corrected chi connectivity index (χ4v) is 3.81. The van der Waals surface area contributed by atoms with E-state index in [0.717, 1.165) is 36.2 Å². The summed E-state index contributed by atoms with van der Waals surface area (Å²) in [6, 6.07) is 7.64. The first-order valence-electron chi connectivity index (χ1n) is 8.18. The van der Waals surface area contributed by atoms with Crippen LogP contribution in [0.25, 0.3) is 0 Å². The maximum atomic E-state index is 11.4.